The van der Waals surface area contributed by atoms with E-state index in [0.29, 0.717) is 5.02 Å². The molecular weight excluding hydrogens is 504 g/mol. The summed E-state index contributed by atoms with van der Waals surface area (Å²) < 4.78 is 1.30. The lowest BCUT2D eigenvalue weighted by molar-refractivity contribution is 0.200. The van der Waals surface area contributed by atoms with E-state index in [9.17, 15) is 0 Å². The number of thiophene rings is 2. The minimum atomic E-state index is 0.145. The van der Waals surface area contributed by atoms with Crippen molar-refractivity contribution in [2.75, 3.05) is 13.1 Å². The summed E-state index contributed by atoms with van der Waals surface area (Å²) in [4.78, 5) is 16.2. The van der Waals surface area contributed by atoms with E-state index in [1.165, 1.54) is 19.8 Å². The number of hydrogen-bond donors (Lipinski definition) is 1. The van der Waals surface area contributed by atoms with Crippen LogP contribution in [0.5, 0.6) is 0 Å². The second-order valence-electron chi connectivity index (χ2n) is 9.20. The lowest BCUT2D eigenvalue weighted by atomic mass is 9.99. The molecule has 5 aromatic rings. The van der Waals surface area contributed by atoms with E-state index < -0.39 is 0 Å². The highest BCUT2D eigenvalue weighted by Gasteiger charge is 2.24. The number of nitrogens with zero attached hydrogens (tertiary/aromatic N) is 3. The van der Waals surface area contributed by atoms with Crippen molar-refractivity contribution in [3.63, 3.8) is 0 Å². The van der Waals surface area contributed by atoms with Crippen LogP contribution in [0.3, 0.4) is 0 Å². The molecule has 3 heterocycles. The molecule has 0 bridgehead atoms. The fourth-order valence-electron chi connectivity index (χ4n) is 4.76. The van der Waals surface area contributed by atoms with E-state index in [0.717, 1.165) is 53.2 Å². The van der Waals surface area contributed by atoms with Crippen LogP contribution in [0.2, 0.25) is 5.02 Å². The molecule has 0 spiro atoms. The maximum Gasteiger partial charge on any atom is 0.170 e. The summed E-state index contributed by atoms with van der Waals surface area (Å²) in [6.45, 7) is 8.39. The second-order valence-corrected chi connectivity index (χ2v) is 11.8. The highest BCUT2D eigenvalue weighted by molar-refractivity contribution is 7.27. The van der Waals surface area contributed by atoms with Crippen LogP contribution in [-0.2, 0) is 0 Å². The summed E-state index contributed by atoms with van der Waals surface area (Å²) in [6.07, 6.45) is 1.88. The molecule has 5 rings (SSSR count). The van der Waals surface area contributed by atoms with Crippen LogP contribution in [0.15, 0.2) is 60.7 Å². The van der Waals surface area contributed by atoms with Gasteiger partial charge in [-0.3, -0.25) is 4.90 Å². The van der Waals surface area contributed by atoms with E-state index >= 15 is 0 Å². The molecule has 2 unspecified atom stereocenters. The fourth-order valence-corrected chi connectivity index (χ4v) is 7.01. The van der Waals surface area contributed by atoms with Gasteiger partial charge in [0.1, 0.15) is 0 Å². The van der Waals surface area contributed by atoms with Crippen LogP contribution in [0, 0.1) is 0 Å². The molecular formula is C29H31ClN4S2. The number of aromatic nitrogens is 2. The molecule has 0 radical (unpaired) electrons. The van der Waals surface area contributed by atoms with Crippen molar-refractivity contribution < 1.29 is 0 Å². The van der Waals surface area contributed by atoms with E-state index in [1.807, 2.05) is 23.5 Å². The van der Waals surface area contributed by atoms with Gasteiger partial charge >= 0.3 is 0 Å². The molecule has 3 aromatic heterocycles. The Morgan fingerprint density at radius 1 is 0.889 bits per heavy atom. The topological polar surface area (TPSA) is 55.0 Å². The molecule has 7 heteroatoms. The smallest absolute Gasteiger partial charge is 0.170 e. The number of nitrogens with two attached hydrogens (primary N) is 1. The normalized spacial score (nSPS) is 13.6. The molecule has 0 saturated carbocycles. The van der Waals surface area contributed by atoms with E-state index in [4.69, 9.17) is 27.3 Å². The lowest BCUT2D eigenvalue weighted by Gasteiger charge is -2.30. The van der Waals surface area contributed by atoms with Crippen molar-refractivity contribution in [1.82, 2.24) is 14.9 Å². The first kappa shape index (κ1) is 25.3. The number of halogens is 1. The Morgan fingerprint density at radius 3 is 2.42 bits per heavy atom. The molecule has 0 aliphatic carbocycles. The second kappa shape index (κ2) is 11.0. The highest BCUT2D eigenvalue weighted by Crippen LogP contribution is 2.40. The van der Waals surface area contributed by atoms with Gasteiger partial charge in [0, 0.05) is 30.9 Å². The van der Waals surface area contributed by atoms with Crippen LogP contribution in [0.4, 0.5) is 0 Å². The minimum absolute atomic E-state index is 0.145. The molecule has 36 heavy (non-hydrogen) atoms. The van der Waals surface area contributed by atoms with Gasteiger partial charge < -0.3 is 5.73 Å². The molecule has 4 nitrogen and oxygen atoms in total. The number of fused-ring (bicyclic) bond motifs is 2. The SMILES string of the molecule is CCN(CC)C(CCC(C)N)c1nc(-c2ccc(-c3cc4ccccc4s3)s2)nc2cc(Cl)ccc12. The van der Waals surface area contributed by atoms with Crippen molar-refractivity contribution in [3.8, 4) is 20.5 Å². The first-order chi connectivity index (χ1) is 17.5. The Bertz CT molecular complexity index is 1450. The minimum Gasteiger partial charge on any atom is -0.328 e. The quantitative estimate of drug-likeness (QED) is 0.206. The highest BCUT2D eigenvalue weighted by atomic mass is 35.5. The Hall–Kier alpha value is -2.35. The van der Waals surface area contributed by atoms with E-state index in [1.54, 1.807) is 11.3 Å². The predicted octanol–water partition coefficient (Wildman–Crippen LogP) is 8.40. The van der Waals surface area contributed by atoms with Crippen molar-refractivity contribution in [2.45, 2.75) is 45.7 Å². The molecule has 2 aromatic carbocycles. The largest absolute Gasteiger partial charge is 0.328 e. The Labute approximate surface area is 225 Å². The maximum absolute atomic E-state index is 6.41. The van der Waals surface area contributed by atoms with E-state index in [2.05, 4.69) is 74.2 Å². The van der Waals surface area contributed by atoms with Gasteiger partial charge in [-0.1, -0.05) is 43.6 Å². The monoisotopic (exact) mass is 534 g/mol. The van der Waals surface area contributed by atoms with Crippen molar-refractivity contribution in [1.29, 1.82) is 0 Å². The van der Waals surface area contributed by atoms with Gasteiger partial charge in [0.05, 0.1) is 22.1 Å². The average molecular weight is 535 g/mol. The summed E-state index contributed by atoms with van der Waals surface area (Å²) in [6, 6.07) is 21.4. The van der Waals surface area contributed by atoms with Gasteiger partial charge in [0.2, 0.25) is 0 Å². The summed E-state index contributed by atoms with van der Waals surface area (Å²) in [5.41, 5.74) is 8.12. The molecule has 0 amide bonds. The maximum atomic E-state index is 6.41. The zero-order valence-corrected chi connectivity index (χ0v) is 23.3. The van der Waals surface area contributed by atoms with Crippen molar-refractivity contribution >= 4 is 55.3 Å². The van der Waals surface area contributed by atoms with Crippen LogP contribution in [-0.4, -0.2) is 34.0 Å². The molecule has 0 saturated heterocycles. The Morgan fingerprint density at radius 2 is 1.67 bits per heavy atom. The standard InChI is InChI=1S/C29H31ClN4S2/c1-4-34(5-2)23(13-10-18(3)31)28-21-12-11-20(30)17-22(21)32-29(33-28)26-15-14-25(36-26)27-16-19-8-6-7-9-24(19)35-27/h6-9,11-12,14-18,23H,4-5,10,13,31H2,1-3H3. The van der Waals surface area contributed by atoms with Gasteiger partial charge in [0.15, 0.2) is 5.82 Å². The van der Waals surface area contributed by atoms with Gasteiger partial charge in [-0.15, -0.1) is 22.7 Å². The number of rotatable bonds is 9. The van der Waals surface area contributed by atoms with Gasteiger partial charge in [-0.2, -0.15) is 0 Å². The average Bonchev–Trinajstić information content (AvgIpc) is 3.53. The van der Waals surface area contributed by atoms with Gasteiger partial charge in [-0.05, 0) is 80.7 Å². The summed E-state index contributed by atoms with van der Waals surface area (Å²) in [7, 11) is 0. The zero-order valence-electron chi connectivity index (χ0n) is 20.9. The summed E-state index contributed by atoms with van der Waals surface area (Å²) >= 11 is 9.98. The molecule has 0 aliphatic rings. The van der Waals surface area contributed by atoms with Crippen LogP contribution < -0.4 is 5.73 Å². The van der Waals surface area contributed by atoms with Crippen LogP contribution in [0.25, 0.3) is 41.4 Å². The number of hydrogen-bond acceptors (Lipinski definition) is 6. The molecule has 186 valence electrons. The van der Waals surface area contributed by atoms with Crippen LogP contribution >= 0.6 is 34.3 Å². The van der Waals surface area contributed by atoms with Gasteiger partial charge in [-0.25, -0.2) is 9.97 Å². The first-order valence-electron chi connectivity index (χ1n) is 12.5. The number of benzene rings is 2. The Kier molecular flexibility index (Phi) is 7.70. The lowest BCUT2D eigenvalue weighted by Crippen LogP contribution is -2.31. The van der Waals surface area contributed by atoms with E-state index in [-0.39, 0.29) is 12.1 Å². The Balaban J connectivity index is 1.61. The third-order valence-corrected chi connectivity index (χ3v) is 9.28. The van der Waals surface area contributed by atoms with Crippen molar-refractivity contribution in [2.24, 2.45) is 5.73 Å². The molecule has 2 N–H and O–H groups in total. The van der Waals surface area contributed by atoms with Crippen molar-refractivity contribution in [3.05, 3.63) is 71.4 Å². The molecule has 0 fully saturated rings. The molecule has 2 atom stereocenters. The fraction of sp³-hybridized carbons (Fsp3) is 0.310. The first-order valence-corrected chi connectivity index (χ1v) is 14.5. The zero-order chi connectivity index (χ0) is 25.2. The van der Waals surface area contributed by atoms with Gasteiger partial charge in [0.25, 0.3) is 0 Å². The van der Waals surface area contributed by atoms with Crippen LogP contribution in [0.1, 0.15) is 45.3 Å². The summed E-state index contributed by atoms with van der Waals surface area (Å²) in [5, 5.41) is 3.03. The third kappa shape index (κ3) is 5.20. The molecule has 0 aliphatic heterocycles. The summed E-state index contributed by atoms with van der Waals surface area (Å²) in [5.74, 6) is 0.759. The third-order valence-electron chi connectivity index (χ3n) is 6.65. The predicted molar refractivity (Wildman–Crippen MR) is 157 cm³/mol.